The zero-order valence-electron chi connectivity index (χ0n) is 11.5. The van der Waals surface area contributed by atoms with Crippen LogP contribution in [-0.2, 0) is 25.0 Å². The first-order chi connectivity index (χ1) is 9.90. The summed E-state index contributed by atoms with van der Waals surface area (Å²) in [6.07, 6.45) is 0.857. The van der Waals surface area contributed by atoms with E-state index in [4.69, 9.17) is 20.2 Å². The molecule has 1 aliphatic heterocycles. The van der Waals surface area contributed by atoms with Crippen LogP contribution in [0.2, 0.25) is 0 Å². The molecular weight excluding hydrogens is 318 g/mol. The van der Waals surface area contributed by atoms with Crippen molar-refractivity contribution in [1.29, 1.82) is 0 Å². The van der Waals surface area contributed by atoms with Crippen LogP contribution < -0.4 is 10.1 Å². The van der Waals surface area contributed by atoms with Crippen LogP contribution in [0.15, 0.2) is 23.1 Å². The van der Waals surface area contributed by atoms with Crippen LogP contribution in [0.4, 0.5) is 0 Å². The molecule has 0 spiro atoms. The number of amides is 1. The van der Waals surface area contributed by atoms with Gasteiger partial charge in [-0.3, -0.25) is 4.79 Å². The van der Waals surface area contributed by atoms with Gasteiger partial charge in [-0.15, -0.1) is 0 Å². The zero-order chi connectivity index (χ0) is 15.5. The second-order valence-corrected chi connectivity index (χ2v) is 7.26. The summed E-state index contributed by atoms with van der Waals surface area (Å²) < 4.78 is 33.1. The minimum atomic E-state index is -3.93. The molecule has 1 amide bonds. The van der Waals surface area contributed by atoms with Gasteiger partial charge in [-0.25, -0.2) is 8.42 Å². The van der Waals surface area contributed by atoms with Gasteiger partial charge in [-0.1, -0.05) is 6.07 Å². The van der Waals surface area contributed by atoms with Gasteiger partial charge >= 0.3 is 0 Å². The first kappa shape index (κ1) is 16.1. The molecule has 1 fully saturated rings. The van der Waals surface area contributed by atoms with E-state index in [0.29, 0.717) is 18.8 Å². The molecular formula is C13H16ClNO5S. The summed E-state index contributed by atoms with van der Waals surface area (Å²) in [6, 6.07) is 4.49. The Morgan fingerprint density at radius 3 is 2.86 bits per heavy atom. The van der Waals surface area contributed by atoms with E-state index < -0.39 is 9.05 Å². The van der Waals surface area contributed by atoms with Crippen LogP contribution in [0.1, 0.15) is 12.0 Å². The van der Waals surface area contributed by atoms with Crippen molar-refractivity contribution in [2.24, 2.45) is 0 Å². The standard InChI is InChI=1S/C13H16ClNO5S/c1-19-11-3-2-9(6-12(11)21(14,17)18)7-13(16)15-10-4-5-20-8-10/h2-3,6,10H,4-5,7-8H2,1H3,(H,15,16). The molecule has 1 aromatic rings. The second kappa shape index (κ2) is 6.64. The smallest absolute Gasteiger partial charge is 0.264 e. The molecule has 1 saturated heterocycles. The summed E-state index contributed by atoms with van der Waals surface area (Å²) in [5.74, 6) is -0.0352. The number of benzene rings is 1. The highest BCUT2D eigenvalue weighted by molar-refractivity contribution is 8.13. The fourth-order valence-corrected chi connectivity index (χ4v) is 3.18. The number of carbonyl (C=O) groups is 1. The van der Waals surface area contributed by atoms with Gasteiger partial charge in [0.2, 0.25) is 5.91 Å². The molecule has 0 aromatic heterocycles. The van der Waals surface area contributed by atoms with Crippen molar-refractivity contribution < 1.29 is 22.7 Å². The van der Waals surface area contributed by atoms with Gasteiger partial charge in [0.05, 0.1) is 26.2 Å². The van der Waals surface area contributed by atoms with E-state index in [1.165, 1.54) is 19.2 Å². The largest absolute Gasteiger partial charge is 0.495 e. The first-order valence-corrected chi connectivity index (χ1v) is 8.70. The Kier molecular flexibility index (Phi) is 5.08. The van der Waals surface area contributed by atoms with Crippen molar-refractivity contribution in [1.82, 2.24) is 5.32 Å². The lowest BCUT2D eigenvalue weighted by Crippen LogP contribution is -2.36. The summed E-state index contributed by atoms with van der Waals surface area (Å²) >= 11 is 0. The summed E-state index contributed by atoms with van der Waals surface area (Å²) in [4.78, 5) is 11.8. The van der Waals surface area contributed by atoms with Crippen LogP contribution in [0.3, 0.4) is 0 Å². The van der Waals surface area contributed by atoms with Crippen molar-refractivity contribution in [2.45, 2.75) is 23.8 Å². The molecule has 1 aromatic carbocycles. The summed E-state index contributed by atoms with van der Waals surface area (Å²) in [7, 11) is 2.79. The lowest BCUT2D eigenvalue weighted by molar-refractivity contribution is -0.121. The number of carbonyl (C=O) groups excluding carboxylic acids is 1. The van der Waals surface area contributed by atoms with Crippen LogP contribution in [-0.4, -0.2) is 40.7 Å². The molecule has 1 heterocycles. The van der Waals surface area contributed by atoms with Crippen molar-refractivity contribution >= 4 is 25.6 Å². The minimum Gasteiger partial charge on any atom is -0.495 e. The number of hydrogen-bond donors (Lipinski definition) is 1. The Hall–Kier alpha value is -1.31. The van der Waals surface area contributed by atoms with Gasteiger partial charge in [-0.2, -0.15) is 0 Å². The van der Waals surface area contributed by atoms with E-state index in [-0.39, 0.29) is 29.0 Å². The van der Waals surface area contributed by atoms with Gasteiger partial charge in [0.1, 0.15) is 10.6 Å². The number of nitrogens with one attached hydrogen (secondary N) is 1. The monoisotopic (exact) mass is 333 g/mol. The molecule has 8 heteroatoms. The van der Waals surface area contributed by atoms with Crippen molar-refractivity contribution in [3.05, 3.63) is 23.8 Å². The fraction of sp³-hybridized carbons (Fsp3) is 0.462. The third-order valence-electron chi connectivity index (χ3n) is 3.15. The number of rotatable bonds is 5. The van der Waals surface area contributed by atoms with Crippen LogP contribution in [0.5, 0.6) is 5.75 Å². The second-order valence-electron chi connectivity index (χ2n) is 4.73. The Morgan fingerprint density at radius 2 is 2.29 bits per heavy atom. The Balaban J connectivity index is 2.11. The number of hydrogen-bond acceptors (Lipinski definition) is 5. The number of halogens is 1. The maximum Gasteiger partial charge on any atom is 0.264 e. The molecule has 0 saturated carbocycles. The van der Waals surface area contributed by atoms with Crippen molar-refractivity contribution in [3.8, 4) is 5.75 Å². The van der Waals surface area contributed by atoms with E-state index in [0.717, 1.165) is 6.42 Å². The molecule has 6 nitrogen and oxygen atoms in total. The van der Waals surface area contributed by atoms with E-state index in [1.54, 1.807) is 6.07 Å². The molecule has 116 valence electrons. The predicted octanol–water partition coefficient (Wildman–Crippen LogP) is 1.07. The van der Waals surface area contributed by atoms with Gasteiger partial charge in [0, 0.05) is 17.3 Å². The highest BCUT2D eigenvalue weighted by Crippen LogP contribution is 2.28. The van der Waals surface area contributed by atoms with E-state index >= 15 is 0 Å². The Bertz CT molecular complexity index is 625. The van der Waals surface area contributed by atoms with Crippen LogP contribution in [0, 0.1) is 0 Å². The normalized spacial score (nSPS) is 18.5. The van der Waals surface area contributed by atoms with E-state index in [2.05, 4.69) is 5.32 Å². The average molecular weight is 334 g/mol. The quantitative estimate of drug-likeness (QED) is 0.815. The molecule has 0 aliphatic carbocycles. The minimum absolute atomic E-state index is 0.0204. The lowest BCUT2D eigenvalue weighted by atomic mass is 10.1. The topological polar surface area (TPSA) is 81.7 Å². The summed E-state index contributed by atoms with van der Waals surface area (Å²) in [6.45, 7) is 1.15. The van der Waals surface area contributed by atoms with Crippen molar-refractivity contribution in [2.75, 3.05) is 20.3 Å². The highest BCUT2D eigenvalue weighted by atomic mass is 35.7. The third-order valence-corrected chi connectivity index (χ3v) is 4.49. The van der Waals surface area contributed by atoms with Gasteiger partial charge in [-0.05, 0) is 24.1 Å². The van der Waals surface area contributed by atoms with Crippen molar-refractivity contribution in [3.63, 3.8) is 0 Å². The predicted molar refractivity (Wildman–Crippen MR) is 77.1 cm³/mol. The molecule has 0 radical (unpaired) electrons. The van der Waals surface area contributed by atoms with E-state index in [1.807, 2.05) is 0 Å². The molecule has 1 aliphatic rings. The lowest BCUT2D eigenvalue weighted by Gasteiger charge is -2.12. The van der Waals surface area contributed by atoms with Crippen LogP contribution in [0.25, 0.3) is 0 Å². The van der Waals surface area contributed by atoms with E-state index in [9.17, 15) is 13.2 Å². The molecule has 21 heavy (non-hydrogen) atoms. The number of methoxy groups -OCH3 is 1. The van der Waals surface area contributed by atoms with Gasteiger partial charge < -0.3 is 14.8 Å². The molecule has 1 unspecified atom stereocenters. The molecule has 1 N–H and O–H groups in total. The maximum atomic E-state index is 11.9. The summed E-state index contributed by atoms with van der Waals surface area (Å²) in [5, 5.41) is 2.84. The van der Waals surface area contributed by atoms with Crippen LogP contribution >= 0.6 is 10.7 Å². The first-order valence-electron chi connectivity index (χ1n) is 6.39. The maximum absolute atomic E-state index is 11.9. The molecule has 1 atom stereocenters. The fourth-order valence-electron chi connectivity index (χ4n) is 2.13. The zero-order valence-corrected chi connectivity index (χ0v) is 13.0. The highest BCUT2D eigenvalue weighted by Gasteiger charge is 2.20. The SMILES string of the molecule is COc1ccc(CC(=O)NC2CCOC2)cc1S(=O)(=O)Cl. The summed E-state index contributed by atoms with van der Waals surface area (Å²) in [5.41, 5.74) is 0.548. The number of ether oxygens (including phenoxy) is 2. The van der Waals surface area contributed by atoms with Gasteiger partial charge in [0.25, 0.3) is 9.05 Å². The average Bonchev–Trinajstić information content (AvgIpc) is 2.90. The molecule has 0 bridgehead atoms. The Morgan fingerprint density at radius 1 is 1.52 bits per heavy atom. The molecule has 2 rings (SSSR count). The third kappa shape index (κ3) is 4.33. The van der Waals surface area contributed by atoms with Gasteiger partial charge in [0.15, 0.2) is 0 Å². The Labute approximate surface area is 127 Å².